The number of aryl methyl sites for hydroxylation is 1. The van der Waals surface area contributed by atoms with Crippen molar-refractivity contribution in [3.63, 3.8) is 0 Å². The fraction of sp³-hybridized carbons (Fsp3) is 0.278. The van der Waals surface area contributed by atoms with Crippen molar-refractivity contribution in [2.45, 2.75) is 22.9 Å². The molecule has 2 aromatic carbocycles. The Hall–Kier alpha value is -2.04. The Morgan fingerprint density at radius 3 is 2.43 bits per heavy atom. The van der Waals surface area contributed by atoms with Crippen molar-refractivity contribution in [2.75, 3.05) is 25.2 Å². The number of hydrogen-bond donors (Lipinski definition) is 1. The molecule has 10 heteroatoms. The molecule has 2 rings (SSSR count). The third-order valence-electron chi connectivity index (χ3n) is 3.76. The van der Waals surface area contributed by atoms with Gasteiger partial charge in [-0.25, -0.2) is 12.7 Å². The molecule has 0 aliphatic heterocycles. The Morgan fingerprint density at radius 1 is 1.14 bits per heavy atom. The molecule has 0 aliphatic carbocycles. The fourth-order valence-electron chi connectivity index (χ4n) is 2.26. The monoisotopic (exact) mass is 432 g/mol. The van der Waals surface area contributed by atoms with Gasteiger partial charge in [0, 0.05) is 24.7 Å². The van der Waals surface area contributed by atoms with E-state index in [0.717, 1.165) is 28.2 Å². The molecule has 5 nitrogen and oxygen atoms in total. The van der Waals surface area contributed by atoms with Gasteiger partial charge in [-0.2, -0.15) is 13.2 Å². The molecule has 0 atom stereocenters. The van der Waals surface area contributed by atoms with Crippen LogP contribution in [-0.4, -0.2) is 38.5 Å². The molecule has 28 heavy (non-hydrogen) atoms. The normalized spacial score (nSPS) is 12.2. The van der Waals surface area contributed by atoms with Gasteiger partial charge in [0.25, 0.3) is 0 Å². The van der Waals surface area contributed by atoms with Gasteiger partial charge in [-0.3, -0.25) is 4.79 Å². The molecule has 0 saturated heterocycles. The highest BCUT2D eigenvalue weighted by Crippen LogP contribution is 2.32. The summed E-state index contributed by atoms with van der Waals surface area (Å²) in [6.07, 6.45) is -4.45. The largest absolute Gasteiger partial charge is 0.416 e. The summed E-state index contributed by atoms with van der Waals surface area (Å²) in [5.74, 6) is -0.579. The first-order chi connectivity index (χ1) is 12.9. The first kappa shape index (κ1) is 22.3. The van der Waals surface area contributed by atoms with Gasteiger partial charge in [0.2, 0.25) is 15.9 Å². The average Bonchev–Trinajstić information content (AvgIpc) is 2.61. The summed E-state index contributed by atoms with van der Waals surface area (Å²) in [6, 6.07) is 9.21. The predicted octanol–water partition coefficient (Wildman–Crippen LogP) is 3.99. The Labute approximate surface area is 166 Å². The van der Waals surface area contributed by atoms with E-state index >= 15 is 0 Å². The molecule has 0 heterocycles. The first-order valence-corrected chi connectivity index (χ1v) is 10.5. The molecule has 0 aliphatic rings. The van der Waals surface area contributed by atoms with E-state index in [4.69, 9.17) is 0 Å². The summed E-state index contributed by atoms with van der Waals surface area (Å²) < 4.78 is 63.9. The lowest BCUT2D eigenvalue weighted by Crippen LogP contribution is -2.23. The smallest absolute Gasteiger partial charge is 0.325 e. The van der Waals surface area contributed by atoms with Gasteiger partial charge < -0.3 is 5.32 Å². The number of benzene rings is 2. The molecule has 1 N–H and O–H groups in total. The minimum Gasteiger partial charge on any atom is -0.325 e. The Balaban J connectivity index is 2.08. The number of carbonyl (C=O) groups excluding carboxylic acids is 1. The zero-order valence-electron chi connectivity index (χ0n) is 15.4. The second kappa shape index (κ2) is 8.54. The summed E-state index contributed by atoms with van der Waals surface area (Å²) in [4.78, 5) is 12.5. The molecule has 0 unspecified atom stereocenters. The minimum atomic E-state index is -4.45. The molecular weight excluding hydrogens is 413 g/mol. The van der Waals surface area contributed by atoms with E-state index < -0.39 is 27.7 Å². The molecule has 152 valence electrons. The van der Waals surface area contributed by atoms with Crippen LogP contribution in [0.4, 0.5) is 18.9 Å². The van der Waals surface area contributed by atoms with Gasteiger partial charge in [-0.1, -0.05) is 12.1 Å². The number of sulfonamides is 1. The molecule has 1 amide bonds. The van der Waals surface area contributed by atoms with E-state index in [-0.39, 0.29) is 10.6 Å². The number of alkyl halides is 3. The highest BCUT2D eigenvalue weighted by Gasteiger charge is 2.30. The van der Waals surface area contributed by atoms with Crippen LogP contribution in [0.3, 0.4) is 0 Å². The summed E-state index contributed by atoms with van der Waals surface area (Å²) in [7, 11) is -0.853. The molecule has 0 spiro atoms. The lowest BCUT2D eigenvalue weighted by molar-refractivity contribution is -0.137. The second-order valence-electron chi connectivity index (χ2n) is 6.13. The van der Waals surface area contributed by atoms with Gasteiger partial charge in [-0.05, 0) is 42.8 Å². The van der Waals surface area contributed by atoms with Crippen LogP contribution in [0.1, 0.15) is 11.1 Å². The van der Waals surface area contributed by atoms with Crippen molar-refractivity contribution in [1.82, 2.24) is 4.31 Å². The highest BCUT2D eigenvalue weighted by atomic mass is 32.2. The van der Waals surface area contributed by atoms with Crippen molar-refractivity contribution in [2.24, 2.45) is 0 Å². The van der Waals surface area contributed by atoms with Crippen molar-refractivity contribution in [1.29, 1.82) is 0 Å². The van der Waals surface area contributed by atoms with E-state index in [1.165, 1.54) is 32.3 Å². The van der Waals surface area contributed by atoms with Crippen LogP contribution in [0.25, 0.3) is 0 Å². The number of thioether (sulfide) groups is 1. The van der Waals surface area contributed by atoms with E-state index in [9.17, 15) is 26.4 Å². The number of hydrogen-bond acceptors (Lipinski definition) is 4. The molecule has 0 fully saturated rings. The standard InChI is InChI=1S/C18H19F3N2O3S2/c1-12-7-8-14(10-16(12)28(25,26)23(2)3)22-17(24)11-27-15-6-4-5-13(9-15)18(19,20)21/h4-10H,11H2,1-3H3,(H,22,24). The Morgan fingerprint density at radius 2 is 1.82 bits per heavy atom. The molecule has 2 aromatic rings. The molecule has 0 saturated carbocycles. The number of rotatable bonds is 6. The third kappa shape index (κ3) is 5.49. The maximum atomic E-state index is 12.7. The Bertz CT molecular complexity index is 974. The number of carbonyl (C=O) groups is 1. The lowest BCUT2D eigenvalue weighted by Gasteiger charge is -2.15. The number of nitrogens with zero attached hydrogens (tertiary/aromatic N) is 1. The zero-order valence-corrected chi connectivity index (χ0v) is 17.0. The van der Waals surface area contributed by atoms with E-state index in [0.29, 0.717) is 16.1 Å². The maximum Gasteiger partial charge on any atom is 0.416 e. The molecular formula is C18H19F3N2O3S2. The van der Waals surface area contributed by atoms with Crippen LogP contribution < -0.4 is 5.32 Å². The van der Waals surface area contributed by atoms with Crippen molar-refractivity contribution >= 4 is 33.4 Å². The van der Waals surface area contributed by atoms with Crippen LogP contribution >= 0.6 is 11.8 Å². The summed E-state index contributed by atoms with van der Waals surface area (Å²) in [6.45, 7) is 1.64. The molecule has 0 bridgehead atoms. The average molecular weight is 432 g/mol. The quantitative estimate of drug-likeness (QED) is 0.701. The molecule has 0 radical (unpaired) electrons. The number of amides is 1. The Kier molecular flexibility index (Phi) is 6.79. The number of anilines is 1. The molecule has 0 aromatic heterocycles. The minimum absolute atomic E-state index is 0.0702. The topological polar surface area (TPSA) is 66.5 Å². The zero-order chi connectivity index (χ0) is 21.1. The van der Waals surface area contributed by atoms with Crippen molar-refractivity contribution in [3.8, 4) is 0 Å². The van der Waals surface area contributed by atoms with Crippen LogP contribution in [0.5, 0.6) is 0 Å². The summed E-state index contributed by atoms with van der Waals surface area (Å²) in [5, 5.41) is 2.57. The second-order valence-corrected chi connectivity index (χ2v) is 9.30. The van der Waals surface area contributed by atoms with E-state index in [1.54, 1.807) is 19.1 Å². The number of nitrogens with one attached hydrogen (secondary N) is 1. The SMILES string of the molecule is Cc1ccc(NC(=O)CSc2cccc(C(F)(F)F)c2)cc1S(=O)(=O)N(C)C. The van der Waals surface area contributed by atoms with Crippen LogP contribution in [0, 0.1) is 6.92 Å². The van der Waals surface area contributed by atoms with Crippen molar-refractivity contribution in [3.05, 3.63) is 53.6 Å². The van der Waals surface area contributed by atoms with Crippen LogP contribution in [0.2, 0.25) is 0 Å². The third-order valence-corrected chi connectivity index (χ3v) is 6.71. The first-order valence-electron chi connectivity index (χ1n) is 8.04. The van der Waals surface area contributed by atoms with Gasteiger partial charge in [0.05, 0.1) is 16.2 Å². The van der Waals surface area contributed by atoms with Gasteiger partial charge in [0.1, 0.15) is 0 Å². The van der Waals surface area contributed by atoms with Crippen LogP contribution in [-0.2, 0) is 21.0 Å². The maximum absolute atomic E-state index is 12.7. The van der Waals surface area contributed by atoms with Crippen LogP contribution in [0.15, 0.2) is 52.3 Å². The van der Waals surface area contributed by atoms with Gasteiger partial charge in [0.15, 0.2) is 0 Å². The summed E-state index contributed by atoms with van der Waals surface area (Å²) in [5.41, 5.74) is 0.0423. The van der Waals surface area contributed by atoms with E-state index in [2.05, 4.69) is 5.32 Å². The van der Waals surface area contributed by atoms with Crippen molar-refractivity contribution < 1.29 is 26.4 Å². The van der Waals surface area contributed by atoms with Gasteiger partial charge >= 0.3 is 6.18 Å². The fourth-order valence-corrected chi connectivity index (χ4v) is 4.16. The summed E-state index contributed by atoms with van der Waals surface area (Å²) >= 11 is 0.957. The van der Waals surface area contributed by atoms with E-state index in [1.807, 2.05) is 0 Å². The predicted molar refractivity (Wildman–Crippen MR) is 103 cm³/mol. The van der Waals surface area contributed by atoms with Gasteiger partial charge in [-0.15, -0.1) is 11.8 Å². The number of halogens is 3. The lowest BCUT2D eigenvalue weighted by atomic mass is 10.2. The highest BCUT2D eigenvalue weighted by molar-refractivity contribution is 8.00.